The van der Waals surface area contributed by atoms with Crippen molar-refractivity contribution in [3.05, 3.63) is 235 Å². The number of ether oxygens (including phenoxy) is 4. The smallest absolute Gasteiger partial charge is 0.308 e. The minimum Gasteiger partial charge on any atom is -0.462 e. The van der Waals surface area contributed by atoms with Gasteiger partial charge in [-0.25, -0.2) is 0 Å². The number of H-pyrrole nitrogens is 1. The van der Waals surface area contributed by atoms with Crippen molar-refractivity contribution < 1.29 is 47.7 Å². The van der Waals surface area contributed by atoms with Crippen LogP contribution in [-0.4, -0.2) is 105 Å². The summed E-state index contributed by atoms with van der Waals surface area (Å²) in [5.74, 6) is -0.946. The van der Waals surface area contributed by atoms with Gasteiger partial charge in [-0.05, 0) is 159 Å². The molecule has 2 atom stereocenters. The first kappa shape index (κ1) is 93.0. The van der Waals surface area contributed by atoms with Gasteiger partial charge in [-0.3, -0.25) is 28.8 Å². The van der Waals surface area contributed by atoms with E-state index in [1.165, 1.54) is 0 Å². The van der Waals surface area contributed by atoms with Crippen molar-refractivity contribution >= 4 is 35.7 Å². The van der Waals surface area contributed by atoms with Crippen LogP contribution in [0.2, 0.25) is 0 Å². The Hall–Kier alpha value is -10.3. The average Bonchev–Trinajstić information content (AvgIpc) is 1.65. The first-order valence-corrected chi connectivity index (χ1v) is 40.4. The Labute approximate surface area is 663 Å². The third-order valence-corrected chi connectivity index (χ3v) is 18.1. The zero-order chi connectivity index (χ0) is 80.2. The molecule has 0 spiro atoms. The first-order chi connectivity index (χ1) is 54.1. The molecule has 4 aromatic carbocycles. The second-order valence-corrected chi connectivity index (χ2v) is 27.7. The van der Waals surface area contributed by atoms with Gasteiger partial charge in [0.25, 0.3) is 0 Å². The van der Waals surface area contributed by atoms with Gasteiger partial charge in [0.05, 0.1) is 24.5 Å². The standard InChI is InChI=1S/C47H63N5O5.C47H62N2O5/c1-5-7-9-10-11-12-13-14-15-16-17-18-19-20-21-22-23-29-45(54)56-34-35-57-46(55)36-43(38(3)4)52(44(53)28-8-6-2)37-39-30-32-40(33-31-39)41-26-24-25-27-42(41)47-48-50-51-49-47;1-5-7-9-10-11-12-13-14-15-16-17-18-19-20-21-22-23-29-46(51)53-34-35-54-47(52)36-44(39(3)4)49(45(50)28-8-6-2)38-40-30-32-41(33-31-40)43-27-25-24-26-42(43)37-48/h7,9,11-12,14-15,17-18,20-21,24-27,30-33,38,43H,5-6,8,10,13,16,19,22-23,28-29,34-37H2,1-4H3,(H,48,49,50,51);7,9,11-12,14-15,17-18,20-21,24-27,30-33,39,44H,5-6,8,10,13,16,19,22-23,28-29,34-36,38H2,1-4H3/b2*9-7-,12-11-,15-14-,18-17-,21-20-/t43-;44-/m11/s1. The lowest BCUT2D eigenvalue weighted by Gasteiger charge is -2.34. The summed E-state index contributed by atoms with van der Waals surface area (Å²) in [6.07, 6.45) is 60.7. The molecule has 17 nitrogen and oxygen atoms in total. The SMILES string of the molecule is CC/C=C\C/C=C\C/C=C\C/C=C\C/C=C\CCCC(=O)OCCOC(=O)C[C@H](C(C)C)N(Cc1ccc(-c2ccccc2-c2nn[nH]n2)cc1)C(=O)CCCC.CC/C=C\C/C=C\C/C=C\C/C=C\C/C=C\CCCC(=O)OCCOC(=O)C[C@H](C(C)C)N(Cc1ccc(-c2ccccc2C#N)cc1)C(=O)CCCC. The first-order valence-electron chi connectivity index (χ1n) is 40.4. The fourth-order valence-electron chi connectivity index (χ4n) is 11.8. The van der Waals surface area contributed by atoms with Crippen LogP contribution in [0.1, 0.15) is 226 Å². The number of benzene rings is 4. The normalized spacial score (nSPS) is 12.4. The molecular weight excluding hydrogens is 1390 g/mol. The van der Waals surface area contributed by atoms with E-state index >= 15 is 0 Å². The molecule has 2 amide bonds. The van der Waals surface area contributed by atoms with Crippen molar-refractivity contribution in [3.8, 4) is 39.7 Å². The van der Waals surface area contributed by atoms with Crippen LogP contribution in [0.4, 0.5) is 0 Å². The maximum absolute atomic E-state index is 13.6. The summed E-state index contributed by atoms with van der Waals surface area (Å²) < 4.78 is 21.5. The Bertz CT molecular complexity index is 3810. The van der Waals surface area contributed by atoms with E-state index in [-0.39, 0.29) is 86.9 Å². The van der Waals surface area contributed by atoms with Crippen LogP contribution < -0.4 is 0 Å². The quantitative estimate of drug-likeness (QED) is 0.0165. The molecule has 0 saturated heterocycles. The number of tetrazole rings is 1. The second-order valence-electron chi connectivity index (χ2n) is 27.7. The number of amides is 2. The van der Waals surface area contributed by atoms with E-state index in [0.29, 0.717) is 63.0 Å². The van der Waals surface area contributed by atoms with Gasteiger partial charge in [-0.1, -0.05) is 281 Å². The van der Waals surface area contributed by atoms with Gasteiger partial charge in [-0.15, -0.1) is 10.2 Å². The fourth-order valence-corrected chi connectivity index (χ4v) is 11.8. The number of esters is 4. The van der Waals surface area contributed by atoms with E-state index in [9.17, 15) is 34.0 Å². The van der Waals surface area contributed by atoms with Crippen molar-refractivity contribution in [2.24, 2.45) is 11.8 Å². The van der Waals surface area contributed by atoms with Crippen LogP contribution in [0.3, 0.4) is 0 Å². The molecule has 17 heteroatoms. The van der Waals surface area contributed by atoms with Gasteiger partial charge in [0.1, 0.15) is 26.4 Å². The van der Waals surface area contributed by atoms with Crippen LogP contribution in [0.15, 0.2) is 219 Å². The number of aromatic nitrogens is 4. The lowest BCUT2D eigenvalue weighted by Crippen LogP contribution is -2.44. The van der Waals surface area contributed by atoms with Gasteiger partial charge < -0.3 is 28.7 Å². The summed E-state index contributed by atoms with van der Waals surface area (Å²) in [6.45, 7) is 17.1. The monoisotopic (exact) mass is 1510 g/mol. The van der Waals surface area contributed by atoms with Crippen LogP contribution in [-0.2, 0) is 60.8 Å². The number of nitrogens with zero attached hydrogens (tertiary/aromatic N) is 6. The number of hydrogen-bond donors (Lipinski definition) is 1. The van der Waals surface area contributed by atoms with Crippen molar-refractivity contribution in [1.29, 1.82) is 5.26 Å². The number of hydrogen-bond acceptors (Lipinski definition) is 14. The van der Waals surface area contributed by atoms with E-state index in [2.05, 4.69) is 169 Å². The molecule has 5 rings (SSSR count). The fraction of sp³-hybridized carbons (Fsp3) is 0.447. The minimum atomic E-state index is -0.431. The molecule has 0 saturated carbocycles. The maximum Gasteiger partial charge on any atom is 0.308 e. The molecule has 596 valence electrons. The number of carbonyl (C=O) groups excluding carboxylic acids is 6. The zero-order valence-corrected chi connectivity index (χ0v) is 67.6. The number of nitriles is 1. The van der Waals surface area contributed by atoms with Gasteiger partial charge in [-0.2, -0.15) is 10.5 Å². The summed E-state index contributed by atoms with van der Waals surface area (Å²) in [5.41, 5.74) is 7.09. The zero-order valence-electron chi connectivity index (χ0n) is 67.6. The molecule has 0 aliphatic heterocycles. The highest BCUT2D eigenvalue weighted by Gasteiger charge is 2.31. The van der Waals surface area contributed by atoms with Gasteiger partial charge in [0.15, 0.2) is 0 Å². The average molecular weight is 1510 g/mol. The molecule has 0 aliphatic carbocycles. The van der Waals surface area contributed by atoms with Gasteiger partial charge in [0.2, 0.25) is 17.6 Å². The molecule has 1 aromatic heterocycles. The summed E-state index contributed by atoms with van der Waals surface area (Å²) >= 11 is 0. The lowest BCUT2D eigenvalue weighted by atomic mass is 9.96. The molecule has 0 radical (unpaired) electrons. The van der Waals surface area contributed by atoms with E-state index in [1.807, 2.05) is 131 Å². The van der Waals surface area contributed by atoms with Crippen LogP contribution >= 0.6 is 0 Å². The lowest BCUT2D eigenvalue weighted by molar-refractivity contribution is -0.154. The van der Waals surface area contributed by atoms with E-state index in [1.54, 1.807) is 11.0 Å². The van der Waals surface area contributed by atoms with Crippen molar-refractivity contribution in [2.45, 2.75) is 235 Å². The number of carbonyl (C=O) groups is 6. The van der Waals surface area contributed by atoms with E-state index in [0.717, 1.165) is 142 Å². The van der Waals surface area contributed by atoms with Crippen LogP contribution in [0.25, 0.3) is 33.6 Å². The molecule has 1 N–H and O–H groups in total. The summed E-state index contributed by atoms with van der Waals surface area (Å²) in [4.78, 5) is 81.1. The molecule has 0 fully saturated rings. The van der Waals surface area contributed by atoms with E-state index < -0.39 is 11.9 Å². The highest BCUT2D eigenvalue weighted by Crippen LogP contribution is 2.31. The molecule has 0 unspecified atom stereocenters. The Morgan fingerprint density at radius 3 is 1.11 bits per heavy atom. The minimum absolute atomic E-state index is 0.0000675. The van der Waals surface area contributed by atoms with E-state index in [4.69, 9.17) is 18.9 Å². The molecule has 1 heterocycles. The second kappa shape index (κ2) is 59.5. The Morgan fingerprint density at radius 1 is 0.414 bits per heavy atom. The Balaban J connectivity index is 0.000000469. The van der Waals surface area contributed by atoms with Crippen LogP contribution in [0, 0.1) is 23.2 Å². The van der Waals surface area contributed by atoms with Crippen molar-refractivity contribution in [3.63, 3.8) is 0 Å². The topological polar surface area (TPSA) is 224 Å². The molecule has 0 aliphatic rings. The largest absolute Gasteiger partial charge is 0.462 e. The van der Waals surface area contributed by atoms with Crippen molar-refractivity contribution in [1.82, 2.24) is 30.4 Å². The molecule has 0 bridgehead atoms. The number of rotatable bonds is 53. The predicted molar refractivity (Wildman–Crippen MR) is 449 cm³/mol. The predicted octanol–water partition coefficient (Wildman–Crippen LogP) is 21.6. The van der Waals surface area contributed by atoms with Gasteiger partial charge in [0, 0.05) is 56.4 Å². The Kier molecular flexibility index (Phi) is 49.9. The Morgan fingerprint density at radius 2 is 0.757 bits per heavy atom. The third-order valence-electron chi connectivity index (χ3n) is 18.1. The summed E-state index contributed by atoms with van der Waals surface area (Å²) in [7, 11) is 0. The molecule has 5 aromatic rings. The number of allylic oxidation sites excluding steroid dienone is 20. The van der Waals surface area contributed by atoms with Crippen molar-refractivity contribution in [2.75, 3.05) is 26.4 Å². The number of unbranched alkanes of at least 4 members (excludes halogenated alkanes) is 4. The highest BCUT2D eigenvalue weighted by molar-refractivity contribution is 5.81. The van der Waals surface area contributed by atoms with Crippen LogP contribution in [0.5, 0.6) is 0 Å². The van der Waals surface area contributed by atoms with Gasteiger partial charge >= 0.3 is 23.9 Å². The summed E-state index contributed by atoms with van der Waals surface area (Å²) in [6, 6.07) is 32.8. The number of aromatic amines is 1. The third kappa shape index (κ3) is 40.8. The number of nitrogens with one attached hydrogen (secondary N) is 1. The maximum atomic E-state index is 13.6. The molecule has 111 heavy (non-hydrogen) atoms. The molecular formula is C94H125N7O10. The highest BCUT2D eigenvalue weighted by atomic mass is 16.6. The summed E-state index contributed by atoms with van der Waals surface area (Å²) in [5, 5.41) is 24.0.